The van der Waals surface area contributed by atoms with E-state index in [0.29, 0.717) is 17.2 Å². The lowest BCUT2D eigenvalue weighted by molar-refractivity contribution is -0.123. The van der Waals surface area contributed by atoms with Crippen LogP contribution in [0, 0.1) is 14.1 Å². The minimum Gasteiger partial charge on any atom is -0.506 e. The fourth-order valence-corrected chi connectivity index (χ4v) is 4.17. The summed E-state index contributed by atoms with van der Waals surface area (Å²) in [5.41, 5.74) is 5.10. The molecule has 0 bridgehead atoms. The van der Waals surface area contributed by atoms with Crippen LogP contribution in [-0.4, -0.2) is 23.8 Å². The van der Waals surface area contributed by atoms with Gasteiger partial charge in [-0.1, -0.05) is 26.0 Å². The SMILES string of the molecule is Cc1ccc(C(C)C)c(OCC(=O)N/N=C\c2cc(I)cc(I)c2O)c1. The van der Waals surface area contributed by atoms with Gasteiger partial charge in [0, 0.05) is 9.13 Å². The number of amides is 1. The molecule has 0 unspecified atom stereocenters. The molecular formula is C19H20I2N2O3. The Balaban J connectivity index is 1.97. The third-order valence-electron chi connectivity index (χ3n) is 3.60. The molecule has 138 valence electrons. The lowest BCUT2D eigenvalue weighted by Crippen LogP contribution is -2.25. The van der Waals surface area contributed by atoms with E-state index in [2.05, 4.69) is 47.0 Å². The number of phenolic OH excluding ortho intramolecular Hbond substituents is 1. The van der Waals surface area contributed by atoms with Gasteiger partial charge < -0.3 is 9.84 Å². The van der Waals surface area contributed by atoms with Gasteiger partial charge in [-0.2, -0.15) is 5.10 Å². The zero-order valence-electron chi connectivity index (χ0n) is 14.7. The van der Waals surface area contributed by atoms with Crippen molar-refractivity contribution in [2.45, 2.75) is 26.7 Å². The number of rotatable bonds is 6. The molecule has 0 saturated heterocycles. The lowest BCUT2D eigenvalue weighted by Gasteiger charge is -2.14. The van der Waals surface area contributed by atoms with Crippen LogP contribution in [0.15, 0.2) is 35.4 Å². The van der Waals surface area contributed by atoms with Gasteiger partial charge in [0.15, 0.2) is 6.61 Å². The predicted molar refractivity (Wildman–Crippen MR) is 120 cm³/mol. The molecule has 0 aromatic heterocycles. The first-order chi connectivity index (χ1) is 12.3. The molecule has 0 radical (unpaired) electrons. The van der Waals surface area contributed by atoms with E-state index < -0.39 is 0 Å². The molecule has 0 spiro atoms. The summed E-state index contributed by atoms with van der Waals surface area (Å²) in [4.78, 5) is 12.0. The normalized spacial score (nSPS) is 11.2. The molecule has 0 aliphatic rings. The summed E-state index contributed by atoms with van der Waals surface area (Å²) in [5, 5.41) is 13.9. The number of benzene rings is 2. The molecule has 2 rings (SSSR count). The monoisotopic (exact) mass is 578 g/mol. The first-order valence-electron chi connectivity index (χ1n) is 8.01. The minimum atomic E-state index is -0.364. The number of nitrogens with zero attached hydrogens (tertiary/aromatic N) is 1. The van der Waals surface area contributed by atoms with Gasteiger partial charge in [-0.05, 0) is 87.3 Å². The molecule has 0 saturated carbocycles. The van der Waals surface area contributed by atoms with Gasteiger partial charge in [0.05, 0.1) is 9.78 Å². The Morgan fingerprint density at radius 2 is 2.04 bits per heavy atom. The van der Waals surface area contributed by atoms with Crippen molar-refractivity contribution in [1.82, 2.24) is 5.43 Å². The first kappa shape index (κ1) is 20.9. The Morgan fingerprint density at radius 3 is 2.73 bits per heavy atom. The summed E-state index contributed by atoms with van der Waals surface area (Å²) in [6, 6.07) is 9.62. The van der Waals surface area contributed by atoms with Gasteiger partial charge in [0.25, 0.3) is 5.91 Å². The highest BCUT2D eigenvalue weighted by molar-refractivity contribution is 14.1. The highest BCUT2D eigenvalue weighted by atomic mass is 127. The third kappa shape index (κ3) is 5.83. The van der Waals surface area contributed by atoms with Crippen molar-refractivity contribution in [3.05, 3.63) is 54.2 Å². The van der Waals surface area contributed by atoms with Gasteiger partial charge in [0.2, 0.25) is 0 Å². The van der Waals surface area contributed by atoms with Crippen LogP contribution in [0.25, 0.3) is 0 Å². The van der Waals surface area contributed by atoms with E-state index in [9.17, 15) is 9.90 Å². The summed E-state index contributed by atoms with van der Waals surface area (Å²) >= 11 is 4.21. The summed E-state index contributed by atoms with van der Waals surface area (Å²) in [6.07, 6.45) is 1.42. The Labute approximate surface area is 180 Å². The molecule has 0 atom stereocenters. The van der Waals surface area contributed by atoms with Crippen LogP contribution in [0.4, 0.5) is 0 Å². The maximum atomic E-state index is 12.0. The average Bonchev–Trinajstić information content (AvgIpc) is 2.57. The van der Waals surface area contributed by atoms with E-state index >= 15 is 0 Å². The lowest BCUT2D eigenvalue weighted by atomic mass is 10.0. The number of phenols is 1. The molecule has 1 amide bonds. The molecule has 7 heteroatoms. The largest absolute Gasteiger partial charge is 0.506 e. The molecule has 2 N–H and O–H groups in total. The second-order valence-corrected chi connectivity index (χ2v) is 8.51. The number of halogens is 2. The topological polar surface area (TPSA) is 70.9 Å². The molecule has 26 heavy (non-hydrogen) atoms. The number of hydrogen-bond acceptors (Lipinski definition) is 4. The van der Waals surface area contributed by atoms with E-state index in [0.717, 1.165) is 18.3 Å². The summed E-state index contributed by atoms with van der Waals surface area (Å²) in [6.45, 7) is 6.01. The van der Waals surface area contributed by atoms with Crippen molar-refractivity contribution in [3.8, 4) is 11.5 Å². The van der Waals surface area contributed by atoms with Crippen LogP contribution >= 0.6 is 45.2 Å². The maximum absolute atomic E-state index is 12.0. The van der Waals surface area contributed by atoms with Crippen LogP contribution in [0.2, 0.25) is 0 Å². The smallest absolute Gasteiger partial charge is 0.277 e. The fourth-order valence-electron chi connectivity index (χ4n) is 2.28. The van der Waals surface area contributed by atoms with Crippen LogP contribution in [0.3, 0.4) is 0 Å². The zero-order chi connectivity index (χ0) is 19.3. The van der Waals surface area contributed by atoms with E-state index in [1.807, 2.05) is 53.8 Å². The van der Waals surface area contributed by atoms with Crippen molar-refractivity contribution in [2.24, 2.45) is 5.10 Å². The quantitative estimate of drug-likeness (QED) is 0.300. The van der Waals surface area contributed by atoms with Crippen molar-refractivity contribution in [1.29, 1.82) is 0 Å². The predicted octanol–water partition coefficient (Wildman–Crippen LogP) is 4.56. The Bertz CT molecular complexity index is 836. The first-order valence-corrected chi connectivity index (χ1v) is 10.2. The Hall–Kier alpha value is -1.36. The zero-order valence-corrected chi connectivity index (χ0v) is 19.0. The number of aryl methyl sites for hydroxylation is 1. The van der Waals surface area contributed by atoms with E-state index in [1.165, 1.54) is 6.21 Å². The Morgan fingerprint density at radius 1 is 1.31 bits per heavy atom. The van der Waals surface area contributed by atoms with Crippen molar-refractivity contribution < 1.29 is 14.6 Å². The van der Waals surface area contributed by atoms with E-state index in [4.69, 9.17) is 4.74 Å². The van der Waals surface area contributed by atoms with Gasteiger partial charge in [-0.15, -0.1) is 0 Å². The standard InChI is InChI=1S/C19H20I2N2O3/c1-11(2)15-5-4-12(3)6-17(15)26-10-18(24)23-22-9-13-7-14(20)8-16(21)19(13)25/h4-9,11,25H,10H2,1-3H3,(H,23,24)/b22-9-. The highest BCUT2D eigenvalue weighted by Gasteiger charge is 2.10. The summed E-state index contributed by atoms with van der Waals surface area (Å²) in [5.74, 6) is 0.792. The molecular weight excluding hydrogens is 558 g/mol. The number of aromatic hydroxyl groups is 1. The number of carbonyl (C=O) groups excluding carboxylic acids is 1. The number of hydrogen-bond donors (Lipinski definition) is 2. The molecule has 2 aromatic rings. The third-order valence-corrected chi connectivity index (χ3v) is 5.05. The number of ether oxygens (including phenoxy) is 1. The van der Waals surface area contributed by atoms with Crippen LogP contribution in [0.1, 0.15) is 36.5 Å². The Kier molecular flexibility index (Phi) is 7.69. The number of nitrogens with one attached hydrogen (secondary N) is 1. The van der Waals surface area contributed by atoms with E-state index in [1.54, 1.807) is 6.07 Å². The molecule has 2 aromatic carbocycles. The van der Waals surface area contributed by atoms with Gasteiger partial charge in [-0.25, -0.2) is 5.43 Å². The molecule has 0 aliphatic heterocycles. The van der Waals surface area contributed by atoms with Crippen molar-refractivity contribution in [3.63, 3.8) is 0 Å². The van der Waals surface area contributed by atoms with Gasteiger partial charge in [0.1, 0.15) is 11.5 Å². The van der Waals surface area contributed by atoms with Gasteiger partial charge in [-0.3, -0.25) is 4.79 Å². The number of hydrazone groups is 1. The molecule has 0 heterocycles. The van der Waals surface area contributed by atoms with E-state index in [-0.39, 0.29) is 18.3 Å². The minimum absolute atomic E-state index is 0.129. The molecule has 0 fully saturated rings. The van der Waals surface area contributed by atoms with Crippen LogP contribution < -0.4 is 10.2 Å². The van der Waals surface area contributed by atoms with Crippen LogP contribution in [-0.2, 0) is 4.79 Å². The fraction of sp³-hybridized carbons (Fsp3) is 0.263. The number of carbonyl (C=O) groups is 1. The van der Waals surface area contributed by atoms with Crippen molar-refractivity contribution in [2.75, 3.05) is 6.61 Å². The van der Waals surface area contributed by atoms with Crippen LogP contribution in [0.5, 0.6) is 11.5 Å². The average molecular weight is 578 g/mol. The second-order valence-electron chi connectivity index (χ2n) is 6.10. The maximum Gasteiger partial charge on any atom is 0.277 e. The molecule has 0 aliphatic carbocycles. The highest BCUT2D eigenvalue weighted by Crippen LogP contribution is 2.27. The summed E-state index contributed by atoms with van der Waals surface area (Å²) < 4.78 is 7.37. The van der Waals surface area contributed by atoms with Crippen molar-refractivity contribution >= 4 is 57.3 Å². The van der Waals surface area contributed by atoms with Gasteiger partial charge >= 0.3 is 0 Å². The second kappa shape index (κ2) is 9.54. The summed E-state index contributed by atoms with van der Waals surface area (Å²) in [7, 11) is 0. The molecule has 5 nitrogen and oxygen atoms in total.